The summed E-state index contributed by atoms with van der Waals surface area (Å²) in [4.78, 5) is 4.48. The number of nitrogens with one attached hydrogen (secondary N) is 1. The van der Waals surface area contributed by atoms with E-state index >= 15 is 0 Å². The van der Waals surface area contributed by atoms with Crippen molar-refractivity contribution in [3.8, 4) is 0 Å². The summed E-state index contributed by atoms with van der Waals surface area (Å²) in [6, 6.07) is 10.0. The standard InChI is InChI=1S/C14H19N3O/c1-14(2,3)18-9-11-8-10-6-4-5-7-12(10)16-13(11)17-15/h4-8H,9,15H2,1-3H3,(H,16,17). The molecule has 0 unspecified atom stereocenters. The van der Waals surface area contributed by atoms with Gasteiger partial charge in [-0.15, -0.1) is 0 Å². The number of nitrogen functional groups attached to an aromatic ring is 1. The highest BCUT2D eigenvalue weighted by Crippen LogP contribution is 2.22. The number of ether oxygens (including phenoxy) is 1. The highest BCUT2D eigenvalue weighted by atomic mass is 16.5. The van der Waals surface area contributed by atoms with Crippen molar-refractivity contribution in [1.82, 2.24) is 4.98 Å². The number of para-hydroxylation sites is 1. The number of aromatic nitrogens is 1. The molecule has 96 valence electrons. The maximum atomic E-state index is 5.77. The molecule has 0 amide bonds. The van der Waals surface area contributed by atoms with Crippen molar-refractivity contribution in [3.05, 3.63) is 35.9 Å². The van der Waals surface area contributed by atoms with Gasteiger partial charge in [0.15, 0.2) is 0 Å². The lowest BCUT2D eigenvalue weighted by Crippen LogP contribution is -2.20. The van der Waals surface area contributed by atoms with E-state index in [1.807, 2.05) is 45.0 Å². The molecule has 2 rings (SSSR count). The SMILES string of the molecule is CC(C)(C)OCc1cc2ccccc2nc1NN. The van der Waals surface area contributed by atoms with E-state index in [1.165, 1.54) is 0 Å². The lowest BCUT2D eigenvalue weighted by Gasteiger charge is -2.20. The minimum absolute atomic E-state index is 0.183. The Bertz CT molecular complexity index is 546. The normalized spacial score (nSPS) is 11.8. The number of nitrogens with two attached hydrogens (primary N) is 1. The van der Waals surface area contributed by atoms with Crippen molar-refractivity contribution >= 4 is 16.7 Å². The summed E-state index contributed by atoms with van der Waals surface area (Å²) < 4.78 is 5.77. The summed E-state index contributed by atoms with van der Waals surface area (Å²) in [7, 11) is 0. The number of anilines is 1. The molecule has 0 saturated heterocycles. The average molecular weight is 245 g/mol. The second-order valence-corrected chi connectivity index (χ2v) is 5.23. The molecule has 1 heterocycles. The van der Waals surface area contributed by atoms with E-state index in [1.54, 1.807) is 0 Å². The fraction of sp³-hybridized carbons (Fsp3) is 0.357. The molecule has 0 aliphatic carbocycles. The molecular weight excluding hydrogens is 226 g/mol. The fourth-order valence-corrected chi connectivity index (χ4v) is 1.69. The molecule has 0 atom stereocenters. The van der Waals surface area contributed by atoms with Crippen molar-refractivity contribution in [2.75, 3.05) is 5.43 Å². The molecule has 0 radical (unpaired) electrons. The zero-order valence-electron chi connectivity index (χ0n) is 11.0. The molecule has 3 N–H and O–H groups in total. The van der Waals surface area contributed by atoms with Crippen LogP contribution in [0.1, 0.15) is 26.3 Å². The van der Waals surface area contributed by atoms with Crippen LogP contribution in [-0.4, -0.2) is 10.6 Å². The summed E-state index contributed by atoms with van der Waals surface area (Å²) >= 11 is 0. The first-order valence-corrected chi connectivity index (χ1v) is 5.99. The second-order valence-electron chi connectivity index (χ2n) is 5.23. The topological polar surface area (TPSA) is 60.2 Å². The van der Waals surface area contributed by atoms with Gasteiger partial charge in [-0.3, -0.25) is 0 Å². The summed E-state index contributed by atoms with van der Waals surface area (Å²) in [5.74, 6) is 6.18. The third kappa shape index (κ3) is 2.97. The van der Waals surface area contributed by atoms with Gasteiger partial charge in [0.25, 0.3) is 0 Å². The van der Waals surface area contributed by atoms with Gasteiger partial charge in [-0.1, -0.05) is 18.2 Å². The van der Waals surface area contributed by atoms with E-state index in [4.69, 9.17) is 10.6 Å². The third-order valence-electron chi connectivity index (χ3n) is 2.60. The van der Waals surface area contributed by atoms with Crippen molar-refractivity contribution in [3.63, 3.8) is 0 Å². The van der Waals surface area contributed by atoms with Crippen LogP contribution in [0.4, 0.5) is 5.82 Å². The number of hydrogen-bond acceptors (Lipinski definition) is 4. The van der Waals surface area contributed by atoms with E-state index in [9.17, 15) is 0 Å². The van der Waals surface area contributed by atoms with Crippen LogP contribution in [0.2, 0.25) is 0 Å². The van der Waals surface area contributed by atoms with Gasteiger partial charge in [-0.25, -0.2) is 10.8 Å². The van der Waals surface area contributed by atoms with Gasteiger partial charge in [0.1, 0.15) is 5.82 Å². The lowest BCUT2D eigenvalue weighted by molar-refractivity contribution is -0.0147. The van der Waals surface area contributed by atoms with Crippen LogP contribution in [-0.2, 0) is 11.3 Å². The molecule has 18 heavy (non-hydrogen) atoms. The van der Waals surface area contributed by atoms with Gasteiger partial charge in [0.2, 0.25) is 0 Å². The number of fused-ring (bicyclic) bond motifs is 1. The number of nitrogens with zero attached hydrogens (tertiary/aromatic N) is 1. The predicted octanol–water partition coefficient (Wildman–Crippen LogP) is 2.84. The van der Waals surface area contributed by atoms with E-state index in [0.29, 0.717) is 12.4 Å². The van der Waals surface area contributed by atoms with Gasteiger partial charge in [0.05, 0.1) is 17.7 Å². The highest BCUT2D eigenvalue weighted by molar-refractivity contribution is 5.81. The van der Waals surface area contributed by atoms with Gasteiger partial charge in [0, 0.05) is 10.9 Å². The number of hydrogen-bond donors (Lipinski definition) is 2. The van der Waals surface area contributed by atoms with E-state index in [2.05, 4.69) is 16.5 Å². The maximum Gasteiger partial charge on any atom is 0.146 e. The van der Waals surface area contributed by atoms with Crippen molar-refractivity contribution < 1.29 is 4.74 Å². The van der Waals surface area contributed by atoms with Crippen LogP contribution in [0.3, 0.4) is 0 Å². The van der Waals surface area contributed by atoms with Gasteiger partial charge in [-0.2, -0.15) is 0 Å². The first kappa shape index (κ1) is 12.8. The Kier molecular flexibility index (Phi) is 3.50. The Hall–Kier alpha value is -1.65. The maximum absolute atomic E-state index is 5.77. The molecule has 1 aromatic heterocycles. The molecule has 1 aromatic carbocycles. The Morgan fingerprint density at radius 3 is 2.67 bits per heavy atom. The second kappa shape index (κ2) is 4.92. The van der Waals surface area contributed by atoms with E-state index in [-0.39, 0.29) is 5.60 Å². The summed E-state index contributed by atoms with van der Waals surface area (Å²) in [5, 5.41) is 1.09. The molecule has 4 nitrogen and oxygen atoms in total. The van der Waals surface area contributed by atoms with Crippen LogP contribution >= 0.6 is 0 Å². The van der Waals surface area contributed by atoms with Crippen molar-refractivity contribution in [1.29, 1.82) is 0 Å². The number of pyridine rings is 1. The molecule has 0 aliphatic rings. The Balaban J connectivity index is 2.36. The number of benzene rings is 1. The predicted molar refractivity (Wildman–Crippen MR) is 74.1 cm³/mol. The summed E-state index contributed by atoms with van der Waals surface area (Å²) in [6.07, 6.45) is 0. The van der Waals surface area contributed by atoms with Crippen LogP contribution in [0.15, 0.2) is 30.3 Å². The van der Waals surface area contributed by atoms with Gasteiger partial charge in [-0.05, 0) is 32.9 Å². The summed E-state index contributed by atoms with van der Waals surface area (Å²) in [5.41, 5.74) is 4.34. The molecule has 0 bridgehead atoms. The van der Waals surface area contributed by atoms with E-state index in [0.717, 1.165) is 16.5 Å². The van der Waals surface area contributed by atoms with Crippen LogP contribution in [0.25, 0.3) is 10.9 Å². The van der Waals surface area contributed by atoms with Gasteiger partial charge >= 0.3 is 0 Å². The molecule has 0 aliphatic heterocycles. The number of rotatable bonds is 3. The van der Waals surface area contributed by atoms with Crippen LogP contribution < -0.4 is 11.3 Å². The Labute approximate surface area is 107 Å². The van der Waals surface area contributed by atoms with Crippen molar-refractivity contribution in [2.45, 2.75) is 33.0 Å². The minimum atomic E-state index is -0.183. The van der Waals surface area contributed by atoms with Crippen LogP contribution in [0.5, 0.6) is 0 Å². The number of hydrazine groups is 1. The van der Waals surface area contributed by atoms with Crippen LogP contribution in [0, 0.1) is 0 Å². The third-order valence-corrected chi connectivity index (χ3v) is 2.60. The van der Waals surface area contributed by atoms with E-state index < -0.39 is 0 Å². The molecule has 0 spiro atoms. The van der Waals surface area contributed by atoms with Crippen molar-refractivity contribution in [2.24, 2.45) is 5.84 Å². The highest BCUT2D eigenvalue weighted by Gasteiger charge is 2.13. The zero-order chi connectivity index (χ0) is 13.2. The average Bonchev–Trinajstić information content (AvgIpc) is 2.34. The first-order valence-electron chi connectivity index (χ1n) is 5.99. The molecule has 0 saturated carbocycles. The summed E-state index contributed by atoms with van der Waals surface area (Å²) in [6.45, 7) is 6.56. The largest absolute Gasteiger partial charge is 0.371 e. The zero-order valence-corrected chi connectivity index (χ0v) is 11.0. The molecule has 2 aromatic rings. The Morgan fingerprint density at radius 2 is 2.00 bits per heavy atom. The monoisotopic (exact) mass is 245 g/mol. The molecular formula is C14H19N3O. The smallest absolute Gasteiger partial charge is 0.146 e. The first-order chi connectivity index (χ1) is 8.49. The van der Waals surface area contributed by atoms with Gasteiger partial charge < -0.3 is 10.2 Å². The lowest BCUT2D eigenvalue weighted by atomic mass is 10.1. The molecule has 0 fully saturated rings. The quantitative estimate of drug-likeness (QED) is 0.645. The Morgan fingerprint density at radius 1 is 1.28 bits per heavy atom. The fourth-order valence-electron chi connectivity index (χ4n) is 1.69. The minimum Gasteiger partial charge on any atom is -0.371 e. The molecule has 4 heteroatoms.